The molecule has 1 atom stereocenters. The summed E-state index contributed by atoms with van der Waals surface area (Å²) in [6, 6.07) is 0.603. The van der Waals surface area contributed by atoms with Crippen molar-refractivity contribution in [2.24, 2.45) is 5.73 Å². The van der Waals surface area contributed by atoms with Crippen LogP contribution in [0.4, 0.5) is 0 Å². The predicted molar refractivity (Wildman–Crippen MR) is 54.4 cm³/mol. The Balaban J connectivity index is 0.000000424. The standard InChI is InChI=1S/C8H18N2.CH3NO/c1-7-8(2,3)10(4)6-5-9-7;2-1-3/h7,9H,5-6H2,1-4H3;1H,(H2,2,3). The summed E-state index contributed by atoms with van der Waals surface area (Å²) in [5.74, 6) is 0. The zero-order valence-corrected chi connectivity index (χ0v) is 9.00. The number of rotatable bonds is 0. The summed E-state index contributed by atoms with van der Waals surface area (Å²) in [5, 5.41) is 3.46. The number of hydrogen-bond donors (Lipinski definition) is 2. The molecule has 1 saturated heterocycles. The van der Waals surface area contributed by atoms with Crippen LogP contribution in [0, 0.1) is 0 Å². The third-order valence-electron chi connectivity index (χ3n) is 2.94. The van der Waals surface area contributed by atoms with Gasteiger partial charge in [-0.2, -0.15) is 0 Å². The van der Waals surface area contributed by atoms with Gasteiger partial charge in [0.1, 0.15) is 0 Å². The quantitative estimate of drug-likeness (QED) is 0.516. The van der Waals surface area contributed by atoms with Crippen molar-refractivity contribution in [2.45, 2.75) is 32.4 Å². The van der Waals surface area contributed by atoms with Crippen LogP contribution in [0.25, 0.3) is 0 Å². The molecule has 0 saturated carbocycles. The number of likely N-dealkylation sites (N-methyl/N-ethyl adjacent to an activating group) is 1. The van der Waals surface area contributed by atoms with Crippen LogP contribution in [-0.2, 0) is 4.79 Å². The fourth-order valence-corrected chi connectivity index (χ4v) is 1.32. The predicted octanol–water partition coefficient (Wildman–Crippen LogP) is -0.210. The number of carbonyl (C=O) groups excluding carboxylic acids is 1. The van der Waals surface area contributed by atoms with Gasteiger partial charge in [-0.05, 0) is 27.8 Å². The van der Waals surface area contributed by atoms with Crippen molar-refractivity contribution in [3.8, 4) is 0 Å². The van der Waals surface area contributed by atoms with Crippen molar-refractivity contribution in [3.63, 3.8) is 0 Å². The molecule has 0 aromatic carbocycles. The van der Waals surface area contributed by atoms with E-state index in [1.165, 1.54) is 0 Å². The first-order valence-electron chi connectivity index (χ1n) is 4.56. The third kappa shape index (κ3) is 3.32. The van der Waals surface area contributed by atoms with Crippen molar-refractivity contribution in [3.05, 3.63) is 0 Å². The molecule has 1 amide bonds. The van der Waals surface area contributed by atoms with Crippen molar-refractivity contribution in [1.29, 1.82) is 0 Å². The van der Waals surface area contributed by atoms with E-state index in [1.54, 1.807) is 0 Å². The molecular formula is C9H21N3O. The molecule has 0 spiro atoms. The van der Waals surface area contributed by atoms with Gasteiger partial charge < -0.3 is 11.1 Å². The van der Waals surface area contributed by atoms with E-state index in [0.29, 0.717) is 11.6 Å². The van der Waals surface area contributed by atoms with E-state index in [-0.39, 0.29) is 6.41 Å². The first-order valence-corrected chi connectivity index (χ1v) is 4.56. The Bertz CT molecular complexity index is 147. The molecule has 3 N–H and O–H groups in total. The minimum absolute atomic E-state index is 0.250. The largest absolute Gasteiger partial charge is 0.372 e. The number of carbonyl (C=O) groups is 1. The van der Waals surface area contributed by atoms with Crippen LogP contribution in [0.15, 0.2) is 0 Å². The topological polar surface area (TPSA) is 58.4 Å². The molecule has 1 heterocycles. The van der Waals surface area contributed by atoms with Crippen LogP contribution in [0.2, 0.25) is 0 Å². The van der Waals surface area contributed by atoms with Gasteiger partial charge in [0.2, 0.25) is 6.41 Å². The van der Waals surface area contributed by atoms with Crippen LogP contribution in [0.5, 0.6) is 0 Å². The first-order chi connectivity index (χ1) is 5.96. The lowest BCUT2D eigenvalue weighted by Crippen LogP contribution is -2.61. The summed E-state index contributed by atoms with van der Waals surface area (Å²) in [6.07, 6.45) is 0.250. The van der Waals surface area contributed by atoms with Gasteiger partial charge in [0.15, 0.2) is 0 Å². The summed E-state index contributed by atoms with van der Waals surface area (Å²) < 4.78 is 0. The fourth-order valence-electron chi connectivity index (χ4n) is 1.32. The van der Waals surface area contributed by atoms with Crippen LogP contribution in [-0.4, -0.2) is 43.0 Å². The monoisotopic (exact) mass is 187 g/mol. The van der Waals surface area contributed by atoms with Gasteiger partial charge in [0.25, 0.3) is 0 Å². The maximum absolute atomic E-state index is 8.58. The maximum atomic E-state index is 8.58. The van der Waals surface area contributed by atoms with E-state index >= 15 is 0 Å². The molecule has 0 aliphatic carbocycles. The summed E-state index contributed by atoms with van der Waals surface area (Å²) in [6.45, 7) is 9.10. The van der Waals surface area contributed by atoms with E-state index in [0.717, 1.165) is 13.1 Å². The third-order valence-corrected chi connectivity index (χ3v) is 2.94. The van der Waals surface area contributed by atoms with Crippen molar-refractivity contribution in [2.75, 3.05) is 20.1 Å². The highest BCUT2D eigenvalue weighted by molar-refractivity contribution is 5.42. The van der Waals surface area contributed by atoms with Gasteiger partial charge in [0, 0.05) is 24.7 Å². The molecule has 0 aromatic heterocycles. The SMILES string of the molecule is CC1NCCN(C)C1(C)C.NC=O. The van der Waals surface area contributed by atoms with E-state index in [2.05, 4.69) is 43.8 Å². The van der Waals surface area contributed by atoms with Gasteiger partial charge in [-0.25, -0.2) is 0 Å². The van der Waals surface area contributed by atoms with Gasteiger partial charge in [-0.3, -0.25) is 9.69 Å². The van der Waals surface area contributed by atoms with E-state index in [9.17, 15) is 0 Å². The summed E-state index contributed by atoms with van der Waals surface area (Å²) in [4.78, 5) is 11.0. The zero-order chi connectivity index (χ0) is 10.5. The number of nitrogens with two attached hydrogens (primary N) is 1. The Kier molecular flexibility index (Phi) is 4.95. The van der Waals surface area contributed by atoms with E-state index < -0.39 is 0 Å². The molecule has 1 unspecified atom stereocenters. The fraction of sp³-hybridized carbons (Fsp3) is 0.889. The molecule has 1 fully saturated rings. The Morgan fingerprint density at radius 3 is 2.38 bits per heavy atom. The lowest BCUT2D eigenvalue weighted by Gasteiger charge is -2.45. The second-order valence-corrected chi connectivity index (χ2v) is 3.89. The van der Waals surface area contributed by atoms with Crippen LogP contribution in [0.1, 0.15) is 20.8 Å². The van der Waals surface area contributed by atoms with Gasteiger partial charge in [0.05, 0.1) is 0 Å². The molecule has 0 bridgehead atoms. The molecule has 4 heteroatoms. The molecule has 0 aromatic rings. The molecule has 4 nitrogen and oxygen atoms in total. The van der Waals surface area contributed by atoms with Crippen LogP contribution < -0.4 is 11.1 Å². The Morgan fingerprint density at radius 1 is 1.62 bits per heavy atom. The lowest BCUT2D eigenvalue weighted by molar-refractivity contribution is -0.106. The smallest absolute Gasteiger partial charge is 0.204 e. The maximum Gasteiger partial charge on any atom is 0.204 e. The van der Waals surface area contributed by atoms with Crippen molar-refractivity contribution < 1.29 is 4.79 Å². The normalized spacial score (nSPS) is 27.2. The summed E-state index contributed by atoms with van der Waals surface area (Å²) in [7, 11) is 2.19. The Labute approximate surface area is 80.5 Å². The average molecular weight is 187 g/mol. The van der Waals surface area contributed by atoms with Crippen LogP contribution in [0.3, 0.4) is 0 Å². The van der Waals surface area contributed by atoms with Gasteiger partial charge in [-0.15, -0.1) is 0 Å². The van der Waals surface area contributed by atoms with E-state index in [4.69, 9.17) is 4.79 Å². The van der Waals surface area contributed by atoms with Gasteiger partial charge >= 0.3 is 0 Å². The molecule has 1 aliphatic heterocycles. The lowest BCUT2D eigenvalue weighted by atomic mass is 9.92. The van der Waals surface area contributed by atoms with Crippen molar-refractivity contribution >= 4 is 6.41 Å². The second-order valence-electron chi connectivity index (χ2n) is 3.89. The number of nitrogens with one attached hydrogen (secondary N) is 1. The Morgan fingerprint density at radius 2 is 2.08 bits per heavy atom. The highest BCUT2D eigenvalue weighted by atomic mass is 16.1. The minimum Gasteiger partial charge on any atom is -0.372 e. The number of amides is 1. The first kappa shape index (κ1) is 12.4. The number of primary amides is 1. The minimum atomic E-state index is 0.250. The molecule has 0 radical (unpaired) electrons. The highest BCUT2D eigenvalue weighted by Gasteiger charge is 2.32. The molecule has 1 aliphatic rings. The van der Waals surface area contributed by atoms with Gasteiger partial charge in [-0.1, -0.05) is 0 Å². The highest BCUT2D eigenvalue weighted by Crippen LogP contribution is 2.19. The number of nitrogens with zero attached hydrogens (tertiary/aromatic N) is 1. The average Bonchev–Trinajstić information content (AvgIpc) is 2.03. The van der Waals surface area contributed by atoms with Crippen LogP contribution >= 0.6 is 0 Å². The molecule has 78 valence electrons. The summed E-state index contributed by atoms with van der Waals surface area (Å²) in [5.41, 5.74) is 4.48. The second kappa shape index (κ2) is 5.19. The molecule has 13 heavy (non-hydrogen) atoms. The Hall–Kier alpha value is -0.610. The number of hydrogen-bond acceptors (Lipinski definition) is 3. The molecule has 1 rings (SSSR count). The van der Waals surface area contributed by atoms with E-state index in [1.807, 2.05) is 0 Å². The summed E-state index contributed by atoms with van der Waals surface area (Å²) >= 11 is 0. The zero-order valence-electron chi connectivity index (χ0n) is 9.00. The molecular weight excluding hydrogens is 166 g/mol. The number of piperazine rings is 1. The van der Waals surface area contributed by atoms with Crippen molar-refractivity contribution in [1.82, 2.24) is 10.2 Å².